The second-order valence-electron chi connectivity index (χ2n) is 5.71. The maximum atomic E-state index is 12.4. The highest BCUT2D eigenvalue weighted by Gasteiger charge is 2.17. The fourth-order valence-corrected chi connectivity index (χ4v) is 4.15. The summed E-state index contributed by atoms with van der Waals surface area (Å²) in [5.41, 5.74) is 5.34. The number of carbonyl (C=O) groups excluding carboxylic acids is 2. The molecule has 0 radical (unpaired) electrons. The Morgan fingerprint density at radius 1 is 0.808 bits per heavy atom. The number of thiophene rings is 1. The van der Waals surface area contributed by atoms with E-state index in [0.717, 1.165) is 20.9 Å². The number of fused-ring (bicyclic) bond motifs is 2. The molecule has 0 spiro atoms. The van der Waals surface area contributed by atoms with Crippen LogP contribution in [0.4, 0.5) is 0 Å². The first-order valence-electron chi connectivity index (χ1n) is 7.90. The molecule has 0 unspecified atom stereocenters. The first kappa shape index (κ1) is 16.6. The van der Waals surface area contributed by atoms with Gasteiger partial charge in [0.1, 0.15) is 4.88 Å². The lowest BCUT2D eigenvalue weighted by Crippen LogP contribution is -2.41. The van der Waals surface area contributed by atoms with Gasteiger partial charge in [0, 0.05) is 15.6 Å². The van der Waals surface area contributed by atoms with Crippen LogP contribution < -0.4 is 10.9 Å². The molecule has 0 atom stereocenters. The summed E-state index contributed by atoms with van der Waals surface area (Å²) >= 11 is 7.57. The molecule has 4 rings (SSSR count). The van der Waals surface area contributed by atoms with Crippen LogP contribution in [0.25, 0.3) is 20.9 Å². The molecule has 1 aromatic heterocycles. The van der Waals surface area contributed by atoms with Gasteiger partial charge in [-0.25, -0.2) is 0 Å². The van der Waals surface area contributed by atoms with E-state index in [0.29, 0.717) is 15.5 Å². The molecule has 0 saturated carbocycles. The smallest absolute Gasteiger partial charge is 0.267 e. The molecule has 0 aliphatic carbocycles. The number of nitrogens with one attached hydrogen (secondary N) is 2. The van der Waals surface area contributed by atoms with Crippen molar-refractivity contribution in [3.63, 3.8) is 0 Å². The average Bonchev–Trinajstić information content (AvgIpc) is 3.02. The molecular weight excluding hydrogens is 368 g/mol. The minimum absolute atomic E-state index is 0.367. The van der Waals surface area contributed by atoms with E-state index in [1.165, 1.54) is 11.3 Å². The molecule has 26 heavy (non-hydrogen) atoms. The molecule has 3 aromatic carbocycles. The van der Waals surface area contributed by atoms with Crippen LogP contribution in [0.2, 0.25) is 5.02 Å². The molecule has 0 saturated heterocycles. The van der Waals surface area contributed by atoms with E-state index in [9.17, 15) is 9.59 Å². The molecule has 6 heteroatoms. The van der Waals surface area contributed by atoms with E-state index in [1.807, 2.05) is 54.6 Å². The Hall–Kier alpha value is -2.89. The van der Waals surface area contributed by atoms with Gasteiger partial charge in [0.15, 0.2) is 0 Å². The first-order valence-corrected chi connectivity index (χ1v) is 9.09. The SMILES string of the molecule is O=C(NNC(=O)c1sc2ccccc2c1Cl)c1ccc2ccccc2c1. The van der Waals surface area contributed by atoms with Crippen LogP contribution in [0.15, 0.2) is 66.7 Å². The van der Waals surface area contributed by atoms with Crippen molar-refractivity contribution in [2.45, 2.75) is 0 Å². The molecular formula is C20H13ClN2O2S. The van der Waals surface area contributed by atoms with Gasteiger partial charge in [0.2, 0.25) is 0 Å². The Morgan fingerprint density at radius 3 is 2.31 bits per heavy atom. The van der Waals surface area contributed by atoms with Crippen LogP contribution in [0, 0.1) is 0 Å². The minimum Gasteiger partial charge on any atom is -0.267 e. The van der Waals surface area contributed by atoms with Crippen molar-refractivity contribution in [2.24, 2.45) is 0 Å². The fraction of sp³-hybridized carbons (Fsp3) is 0. The van der Waals surface area contributed by atoms with Gasteiger partial charge in [0.05, 0.1) is 5.02 Å². The summed E-state index contributed by atoms with van der Waals surface area (Å²) in [4.78, 5) is 25.1. The van der Waals surface area contributed by atoms with Crippen molar-refractivity contribution >= 4 is 55.6 Å². The zero-order chi connectivity index (χ0) is 18.1. The summed E-state index contributed by atoms with van der Waals surface area (Å²) in [6.07, 6.45) is 0. The van der Waals surface area contributed by atoms with Crippen molar-refractivity contribution < 1.29 is 9.59 Å². The van der Waals surface area contributed by atoms with Crippen LogP contribution in [0.5, 0.6) is 0 Å². The largest absolute Gasteiger partial charge is 0.281 e. The third-order valence-electron chi connectivity index (χ3n) is 4.04. The Bertz CT molecular complexity index is 1150. The van der Waals surface area contributed by atoms with Crippen molar-refractivity contribution in [1.29, 1.82) is 0 Å². The monoisotopic (exact) mass is 380 g/mol. The summed E-state index contributed by atoms with van der Waals surface area (Å²) in [5.74, 6) is -0.827. The molecule has 4 nitrogen and oxygen atoms in total. The number of rotatable bonds is 2. The Kier molecular flexibility index (Phi) is 4.32. The summed E-state index contributed by atoms with van der Waals surface area (Å²) in [7, 11) is 0. The van der Waals surface area contributed by atoms with E-state index >= 15 is 0 Å². The highest BCUT2D eigenvalue weighted by atomic mass is 35.5. The molecule has 1 heterocycles. The van der Waals surface area contributed by atoms with E-state index in [4.69, 9.17) is 11.6 Å². The molecule has 4 aromatic rings. The third kappa shape index (κ3) is 3.03. The Labute approximate surface area is 158 Å². The number of hydrogen-bond acceptors (Lipinski definition) is 3. The maximum absolute atomic E-state index is 12.4. The van der Waals surface area contributed by atoms with E-state index in [2.05, 4.69) is 10.9 Å². The van der Waals surface area contributed by atoms with E-state index < -0.39 is 5.91 Å². The van der Waals surface area contributed by atoms with Gasteiger partial charge in [0.25, 0.3) is 11.8 Å². The topological polar surface area (TPSA) is 58.2 Å². The van der Waals surface area contributed by atoms with Crippen LogP contribution >= 0.6 is 22.9 Å². The average molecular weight is 381 g/mol. The lowest BCUT2D eigenvalue weighted by Gasteiger charge is -2.07. The van der Waals surface area contributed by atoms with Crippen LogP contribution in [0.1, 0.15) is 20.0 Å². The van der Waals surface area contributed by atoms with Gasteiger partial charge in [-0.3, -0.25) is 20.4 Å². The van der Waals surface area contributed by atoms with Gasteiger partial charge in [-0.2, -0.15) is 0 Å². The molecule has 0 aliphatic heterocycles. The van der Waals surface area contributed by atoms with E-state index in [1.54, 1.807) is 12.1 Å². The highest BCUT2D eigenvalue weighted by Crippen LogP contribution is 2.34. The molecule has 128 valence electrons. The molecule has 2 amide bonds. The summed E-state index contributed by atoms with van der Waals surface area (Å²) in [6, 6.07) is 20.6. The second kappa shape index (κ2) is 6.78. The number of halogens is 1. The van der Waals surface area contributed by atoms with Gasteiger partial charge < -0.3 is 0 Å². The van der Waals surface area contributed by atoms with Crippen molar-refractivity contribution in [3.05, 3.63) is 82.2 Å². The minimum atomic E-state index is -0.440. The van der Waals surface area contributed by atoms with E-state index in [-0.39, 0.29) is 5.91 Å². The van der Waals surface area contributed by atoms with Gasteiger partial charge in [-0.15, -0.1) is 11.3 Å². The lowest BCUT2D eigenvalue weighted by atomic mass is 10.1. The predicted molar refractivity (Wildman–Crippen MR) is 106 cm³/mol. The fourth-order valence-electron chi connectivity index (χ4n) is 2.73. The molecule has 2 N–H and O–H groups in total. The van der Waals surface area contributed by atoms with Gasteiger partial charge in [-0.05, 0) is 29.0 Å². The summed E-state index contributed by atoms with van der Waals surface area (Å²) in [5, 5.41) is 3.22. The maximum Gasteiger partial charge on any atom is 0.281 e. The molecule has 0 aliphatic rings. The normalized spacial score (nSPS) is 10.8. The third-order valence-corrected chi connectivity index (χ3v) is 5.72. The molecule has 0 fully saturated rings. The quantitative estimate of drug-likeness (QED) is 0.491. The van der Waals surface area contributed by atoms with Crippen LogP contribution in [0.3, 0.4) is 0 Å². The van der Waals surface area contributed by atoms with Crippen molar-refractivity contribution in [3.8, 4) is 0 Å². The summed E-state index contributed by atoms with van der Waals surface area (Å²) in [6.45, 7) is 0. The second-order valence-corrected chi connectivity index (χ2v) is 7.14. The Balaban J connectivity index is 1.50. The van der Waals surface area contributed by atoms with Gasteiger partial charge in [-0.1, -0.05) is 60.1 Å². The lowest BCUT2D eigenvalue weighted by molar-refractivity contribution is 0.0849. The zero-order valence-electron chi connectivity index (χ0n) is 13.5. The van der Waals surface area contributed by atoms with Gasteiger partial charge >= 0.3 is 0 Å². The van der Waals surface area contributed by atoms with Crippen LogP contribution in [-0.2, 0) is 0 Å². The molecule has 0 bridgehead atoms. The van der Waals surface area contributed by atoms with Crippen LogP contribution in [-0.4, -0.2) is 11.8 Å². The summed E-state index contributed by atoms with van der Waals surface area (Å²) < 4.78 is 0.920. The van der Waals surface area contributed by atoms with Crippen molar-refractivity contribution in [1.82, 2.24) is 10.9 Å². The number of carbonyl (C=O) groups is 2. The standard InChI is InChI=1S/C20H13ClN2O2S/c21-17-15-7-3-4-8-16(15)26-18(17)20(25)23-22-19(24)14-10-9-12-5-1-2-6-13(12)11-14/h1-11H,(H,22,24)(H,23,25). The Morgan fingerprint density at radius 2 is 1.50 bits per heavy atom. The number of amides is 2. The predicted octanol–water partition coefficient (Wildman–Crippen LogP) is 4.78. The van der Waals surface area contributed by atoms with Crippen molar-refractivity contribution in [2.75, 3.05) is 0 Å². The first-order chi connectivity index (χ1) is 12.6. The number of hydrazine groups is 1. The highest BCUT2D eigenvalue weighted by molar-refractivity contribution is 7.21. The zero-order valence-corrected chi connectivity index (χ0v) is 15.0. The number of hydrogen-bond donors (Lipinski definition) is 2. The number of benzene rings is 3.